The Bertz CT molecular complexity index is 609. The third-order valence-corrected chi connectivity index (χ3v) is 3.30. The van der Waals surface area contributed by atoms with Crippen LogP contribution >= 0.6 is 11.6 Å². The number of carbonyl (C=O) groups excluding carboxylic acids is 3. The molecule has 0 heterocycles. The van der Waals surface area contributed by atoms with Crippen molar-refractivity contribution in [2.24, 2.45) is 0 Å². The second kappa shape index (κ2) is 8.68. The number of nitrogens with one attached hydrogen (secondary N) is 1. The highest BCUT2D eigenvalue weighted by molar-refractivity contribution is 6.33. The summed E-state index contributed by atoms with van der Waals surface area (Å²) in [7, 11) is 1.21. The number of carbonyl (C=O) groups is 3. The number of halogens is 1. The Hall–Kier alpha value is -2.08. The highest BCUT2D eigenvalue weighted by Gasteiger charge is 2.25. The van der Waals surface area contributed by atoms with E-state index in [1.54, 1.807) is 45.0 Å². The molecule has 0 radical (unpaired) electrons. The second-order valence-corrected chi connectivity index (χ2v) is 6.56. The number of methoxy groups -OCH3 is 1. The third kappa shape index (κ3) is 6.58. The fourth-order valence-corrected chi connectivity index (χ4v) is 2.15. The van der Waals surface area contributed by atoms with E-state index in [2.05, 4.69) is 10.1 Å². The highest BCUT2D eigenvalue weighted by Crippen LogP contribution is 2.16. The van der Waals surface area contributed by atoms with Crippen molar-refractivity contribution in [1.82, 2.24) is 5.32 Å². The van der Waals surface area contributed by atoms with Crippen molar-refractivity contribution in [3.63, 3.8) is 0 Å². The van der Waals surface area contributed by atoms with E-state index in [-0.39, 0.29) is 23.4 Å². The molecule has 0 saturated heterocycles. The van der Waals surface area contributed by atoms with Crippen LogP contribution in [0.15, 0.2) is 24.3 Å². The standard InChI is InChI=1S/C17H22ClNO5/c1-17(2,3)24-14(20)10-9-13(16(22)23-4)19-15(21)11-7-5-6-8-12(11)18/h5-8,13H,9-10H2,1-4H3,(H,19,21)/t13-/m1/s1. The van der Waals surface area contributed by atoms with Crippen LogP contribution in [-0.4, -0.2) is 36.6 Å². The number of hydrogen-bond acceptors (Lipinski definition) is 5. The largest absolute Gasteiger partial charge is 0.467 e. The van der Waals surface area contributed by atoms with Gasteiger partial charge in [-0.25, -0.2) is 4.79 Å². The lowest BCUT2D eigenvalue weighted by atomic mass is 10.1. The third-order valence-electron chi connectivity index (χ3n) is 2.97. The highest BCUT2D eigenvalue weighted by atomic mass is 35.5. The lowest BCUT2D eigenvalue weighted by Crippen LogP contribution is -2.42. The minimum Gasteiger partial charge on any atom is -0.467 e. The van der Waals surface area contributed by atoms with E-state index in [1.807, 2.05) is 0 Å². The normalized spacial score (nSPS) is 12.2. The Kier molecular flexibility index (Phi) is 7.22. The summed E-state index contributed by atoms with van der Waals surface area (Å²) in [4.78, 5) is 35.9. The van der Waals surface area contributed by atoms with Gasteiger partial charge < -0.3 is 14.8 Å². The molecular formula is C17H22ClNO5. The molecule has 0 spiro atoms. The molecule has 0 unspecified atom stereocenters. The second-order valence-electron chi connectivity index (χ2n) is 6.15. The number of amides is 1. The van der Waals surface area contributed by atoms with Gasteiger partial charge in [0.1, 0.15) is 11.6 Å². The molecule has 132 valence electrons. The molecule has 0 fully saturated rings. The van der Waals surface area contributed by atoms with Gasteiger partial charge >= 0.3 is 11.9 Å². The molecule has 0 aliphatic carbocycles. The molecule has 1 rings (SSSR count). The Morgan fingerprint density at radius 2 is 1.83 bits per heavy atom. The van der Waals surface area contributed by atoms with E-state index in [1.165, 1.54) is 7.11 Å². The summed E-state index contributed by atoms with van der Waals surface area (Å²) in [5.74, 6) is -1.61. The van der Waals surface area contributed by atoms with E-state index in [0.717, 1.165) is 0 Å². The molecule has 0 aliphatic heterocycles. The molecule has 1 amide bonds. The van der Waals surface area contributed by atoms with Gasteiger partial charge in [0.15, 0.2) is 0 Å². The van der Waals surface area contributed by atoms with E-state index in [9.17, 15) is 14.4 Å². The summed E-state index contributed by atoms with van der Waals surface area (Å²) < 4.78 is 9.86. The Morgan fingerprint density at radius 1 is 1.21 bits per heavy atom. The van der Waals surface area contributed by atoms with Crippen molar-refractivity contribution in [2.45, 2.75) is 45.3 Å². The van der Waals surface area contributed by atoms with Crippen molar-refractivity contribution >= 4 is 29.4 Å². The summed E-state index contributed by atoms with van der Waals surface area (Å²) in [5.41, 5.74) is -0.371. The van der Waals surface area contributed by atoms with E-state index >= 15 is 0 Å². The zero-order chi connectivity index (χ0) is 18.3. The zero-order valence-corrected chi connectivity index (χ0v) is 15.0. The lowest BCUT2D eigenvalue weighted by Gasteiger charge is -2.21. The molecule has 1 aromatic carbocycles. The molecule has 1 aromatic rings. The lowest BCUT2D eigenvalue weighted by molar-refractivity contribution is -0.155. The van der Waals surface area contributed by atoms with Crippen LogP contribution in [-0.2, 0) is 19.1 Å². The van der Waals surface area contributed by atoms with Gasteiger partial charge in [-0.2, -0.15) is 0 Å². The molecular weight excluding hydrogens is 334 g/mol. The van der Waals surface area contributed by atoms with E-state index in [4.69, 9.17) is 16.3 Å². The summed E-state index contributed by atoms with van der Waals surface area (Å²) in [6.45, 7) is 5.26. The minimum atomic E-state index is -0.966. The van der Waals surface area contributed by atoms with E-state index < -0.39 is 29.5 Å². The van der Waals surface area contributed by atoms with Gasteiger partial charge in [-0.15, -0.1) is 0 Å². The first-order valence-electron chi connectivity index (χ1n) is 7.49. The smallest absolute Gasteiger partial charge is 0.328 e. The molecule has 0 aliphatic rings. The Balaban J connectivity index is 2.73. The van der Waals surface area contributed by atoms with Crippen LogP contribution in [0.25, 0.3) is 0 Å². The van der Waals surface area contributed by atoms with Gasteiger partial charge in [-0.3, -0.25) is 9.59 Å². The first-order valence-corrected chi connectivity index (χ1v) is 7.87. The summed E-state index contributed by atoms with van der Waals surface area (Å²) in [5, 5.41) is 2.81. The molecule has 0 aromatic heterocycles. The fraction of sp³-hybridized carbons (Fsp3) is 0.471. The van der Waals surface area contributed by atoms with Crippen LogP contribution < -0.4 is 5.32 Å². The maximum atomic E-state index is 12.3. The van der Waals surface area contributed by atoms with Crippen LogP contribution in [0.4, 0.5) is 0 Å². The first kappa shape index (κ1) is 20.0. The fourth-order valence-electron chi connectivity index (χ4n) is 1.93. The number of ether oxygens (including phenoxy) is 2. The predicted octanol–water partition coefficient (Wildman–Crippen LogP) is 2.73. The van der Waals surface area contributed by atoms with Gasteiger partial charge in [0.2, 0.25) is 0 Å². The molecule has 1 N–H and O–H groups in total. The van der Waals surface area contributed by atoms with Gasteiger partial charge in [-0.05, 0) is 39.3 Å². The summed E-state index contributed by atoms with van der Waals surface area (Å²) in [6.07, 6.45) is 0.0393. The molecule has 6 nitrogen and oxygen atoms in total. The van der Waals surface area contributed by atoms with E-state index in [0.29, 0.717) is 0 Å². The monoisotopic (exact) mass is 355 g/mol. The molecule has 0 bridgehead atoms. The molecule has 7 heteroatoms. The van der Waals surface area contributed by atoms with Crippen LogP contribution in [0, 0.1) is 0 Å². The SMILES string of the molecule is COC(=O)[C@@H](CCC(=O)OC(C)(C)C)NC(=O)c1ccccc1Cl. The van der Waals surface area contributed by atoms with Crippen LogP contribution in [0.5, 0.6) is 0 Å². The number of hydrogen-bond donors (Lipinski definition) is 1. The molecule has 1 atom stereocenters. The quantitative estimate of drug-likeness (QED) is 0.793. The summed E-state index contributed by atoms with van der Waals surface area (Å²) >= 11 is 5.97. The van der Waals surface area contributed by atoms with Crippen molar-refractivity contribution < 1.29 is 23.9 Å². The molecule has 24 heavy (non-hydrogen) atoms. The Labute approximate surface area is 146 Å². The zero-order valence-electron chi connectivity index (χ0n) is 14.2. The van der Waals surface area contributed by atoms with Crippen molar-refractivity contribution in [3.8, 4) is 0 Å². The maximum Gasteiger partial charge on any atom is 0.328 e. The van der Waals surface area contributed by atoms with Crippen molar-refractivity contribution in [2.75, 3.05) is 7.11 Å². The summed E-state index contributed by atoms with van der Waals surface area (Å²) in [6, 6.07) is 5.50. The van der Waals surface area contributed by atoms with Crippen molar-refractivity contribution in [1.29, 1.82) is 0 Å². The number of benzene rings is 1. The maximum absolute atomic E-state index is 12.3. The topological polar surface area (TPSA) is 81.7 Å². The molecule has 0 saturated carbocycles. The average molecular weight is 356 g/mol. The van der Waals surface area contributed by atoms with Gasteiger partial charge in [0, 0.05) is 6.42 Å². The predicted molar refractivity (Wildman–Crippen MR) is 89.8 cm³/mol. The van der Waals surface area contributed by atoms with Gasteiger partial charge in [-0.1, -0.05) is 23.7 Å². The number of esters is 2. The van der Waals surface area contributed by atoms with Crippen LogP contribution in [0.1, 0.15) is 44.0 Å². The minimum absolute atomic E-state index is 0.0279. The first-order chi connectivity index (χ1) is 11.1. The Morgan fingerprint density at radius 3 is 2.38 bits per heavy atom. The van der Waals surface area contributed by atoms with Crippen molar-refractivity contribution in [3.05, 3.63) is 34.9 Å². The number of rotatable bonds is 6. The van der Waals surface area contributed by atoms with Gasteiger partial charge in [0.25, 0.3) is 5.91 Å². The van der Waals surface area contributed by atoms with Crippen LogP contribution in [0.2, 0.25) is 5.02 Å². The van der Waals surface area contributed by atoms with Crippen LogP contribution in [0.3, 0.4) is 0 Å². The van der Waals surface area contributed by atoms with Gasteiger partial charge in [0.05, 0.1) is 17.7 Å². The average Bonchev–Trinajstić information content (AvgIpc) is 2.49.